The van der Waals surface area contributed by atoms with Gasteiger partial charge in [-0.1, -0.05) is 51.7 Å². The predicted octanol–water partition coefficient (Wildman–Crippen LogP) is 6.67. The van der Waals surface area contributed by atoms with E-state index in [9.17, 15) is 9.59 Å². The van der Waals surface area contributed by atoms with Gasteiger partial charge in [-0.3, -0.25) is 0 Å². The van der Waals surface area contributed by atoms with E-state index in [2.05, 4.69) is 6.92 Å². The summed E-state index contributed by atoms with van der Waals surface area (Å²) >= 11 is 0. The third-order valence-corrected chi connectivity index (χ3v) is 7.10. The van der Waals surface area contributed by atoms with Gasteiger partial charge in [-0.2, -0.15) is 0 Å². The highest BCUT2D eigenvalue weighted by Gasteiger charge is 2.24. The number of esters is 2. The maximum absolute atomic E-state index is 12.6. The van der Waals surface area contributed by atoms with E-state index in [1.54, 1.807) is 36.4 Å². The van der Waals surface area contributed by atoms with Crippen LogP contribution in [-0.4, -0.2) is 37.4 Å². The molecule has 0 amide bonds. The van der Waals surface area contributed by atoms with E-state index in [-0.39, 0.29) is 30.7 Å². The van der Waals surface area contributed by atoms with E-state index in [0.29, 0.717) is 16.9 Å². The number of rotatable bonds is 14. The van der Waals surface area contributed by atoms with Crippen LogP contribution in [0.25, 0.3) is 6.08 Å². The minimum Gasteiger partial charge on any atom is -0.462 e. The molecule has 7 nitrogen and oxygen atoms in total. The Kier molecular flexibility index (Phi) is 12.4. The van der Waals surface area contributed by atoms with Crippen LogP contribution >= 0.6 is 0 Å². The lowest BCUT2D eigenvalue weighted by Crippen LogP contribution is -2.28. The summed E-state index contributed by atoms with van der Waals surface area (Å²) in [5.74, 6) is -0.805. The fourth-order valence-corrected chi connectivity index (χ4v) is 4.72. The van der Waals surface area contributed by atoms with E-state index < -0.39 is 5.97 Å². The molecule has 39 heavy (non-hydrogen) atoms. The van der Waals surface area contributed by atoms with E-state index in [1.807, 2.05) is 19.1 Å². The summed E-state index contributed by atoms with van der Waals surface area (Å²) in [6.07, 6.45) is 13.0. The van der Waals surface area contributed by atoms with Crippen molar-refractivity contribution in [1.82, 2.24) is 0 Å². The summed E-state index contributed by atoms with van der Waals surface area (Å²) in [6, 6.07) is 12.3. The molecule has 0 saturated heterocycles. The Morgan fingerprint density at radius 3 is 2.23 bits per heavy atom. The third kappa shape index (κ3) is 10.8. The molecule has 0 heterocycles. The highest BCUT2D eigenvalue weighted by Crippen LogP contribution is 2.25. The predicted molar refractivity (Wildman–Crippen MR) is 156 cm³/mol. The molecule has 0 bridgehead atoms. The standard InChI is InChI=1S/C32H44N2O5/c1-3-4-5-6-7-18-37-29-13-15-30(16-14-29)39-32(36)25-11-8-24(9-12-25)10-17-31(35)38-22-23(2)26-19-27(33)21-28(34)20-26/h8-12,17,19-21,23,29-30H,3-7,13-16,18,22,33-34H2,1-2H3/b17-10+. The van der Waals surface area contributed by atoms with Crippen molar-refractivity contribution in [2.75, 3.05) is 24.7 Å². The number of ether oxygens (including phenoxy) is 3. The van der Waals surface area contributed by atoms with Gasteiger partial charge in [-0.25, -0.2) is 9.59 Å². The molecule has 1 saturated carbocycles. The first kappa shape index (κ1) is 30.2. The van der Waals surface area contributed by atoms with Crippen LogP contribution in [0.2, 0.25) is 0 Å². The average molecular weight is 537 g/mol. The monoisotopic (exact) mass is 536 g/mol. The van der Waals surface area contributed by atoms with Crippen LogP contribution in [0.1, 0.15) is 99.0 Å². The molecule has 0 radical (unpaired) electrons. The molecule has 7 heteroatoms. The topological polar surface area (TPSA) is 114 Å². The molecule has 3 rings (SSSR count). The minimum absolute atomic E-state index is 0.0404. The Morgan fingerprint density at radius 2 is 1.56 bits per heavy atom. The Balaban J connectivity index is 1.36. The second-order valence-corrected chi connectivity index (χ2v) is 10.5. The van der Waals surface area contributed by atoms with Crippen LogP contribution in [0.5, 0.6) is 0 Å². The summed E-state index contributed by atoms with van der Waals surface area (Å²) in [6.45, 7) is 5.21. The quantitative estimate of drug-likeness (QED) is 0.120. The van der Waals surface area contributed by atoms with Crippen LogP contribution in [-0.2, 0) is 19.0 Å². The molecule has 1 aliphatic rings. The molecular formula is C32H44N2O5. The van der Waals surface area contributed by atoms with Gasteiger partial charge in [0.2, 0.25) is 0 Å². The summed E-state index contributed by atoms with van der Waals surface area (Å²) in [5.41, 5.74) is 15.0. The molecule has 1 fully saturated rings. The highest BCUT2D eigenvalue weighted by molar-refractivity contribution is 5.90. The first-order valence-electron chi connectivity index (χ1n) is 14.3. The van der Waals surface area contributed by atoms with Crippen LogP contribution in [0.3, 0.4) is 0 Å². The Morgan fingerprint density at radius 1 is 0.923 bits per heavy atom. The van der Waals surface area contributed by atoms with Gasteiger partial charge < -0.3 is 25.7 Å². The lowest BCUT2D eigenvalue weighted by molar-refractivity contribution is -0.138. The van der Waals surface area contributed by atoms with E-state index in [0.717, 1.165) is 49.8 Å². The smallest absolute Gasteiger partial charge is 0.338 e. The van der Waals surface area contributed by atoms with Crippen LogP contribution < -0.4 is 11.5 Å². The third-order valence-electron chi connectivity index (χ3n) is 7.10. The van der Waals surface area contributed by atoms with Crippen molar-refractivity contribution in [3.8, 4) is 0 Å². The second kappa shape index (κ2) is 15.9. The van der Waals surface area contributed by atoms with Crippen molar-refractivity contribution in [3.63, 3.8) is 0 Å². The van der Waals surface area contributed by atoms with Gasteiger partial charge in [-0.15, -0.1) is 0 Å². The van der Waals surface area contributed by atoms with Gasteiger partial charge >= 0.3 is 11.9 Å². The van der Waals surface area contributed by atoms with Crippen LogP contribution in [0.4, 0.5) is 11.4 Å². The zero-order valence-corrected chi connectivity index (χ0v) is 23.4. The van der Waals surface area contributed by atoms with E-state index in [4.69, 9.17) is 25.7 Å². The number of unbranched alkanes of at least 4 members (excludes halogenated alkanes) is 4. The Bertz CT molecular complexity index is 1050. The average Bonchev–Trinajstić information content (AvgIpc) is 2.93. The molecule has 0 aromatic heterocycles. The van der Waals surface area contributed by atoms with Crippen molar-refractivity contribution < 1.29 is 23.8 Å². The summed E-state index contributed by atoms with van der Waals surface area (Å²) in [7, 11) is 0. The number of hydrogen-bond acceptors (Lipinski definition) is 7. The van der Waals surface area contributed by atoms with Crippen molar-refractivity contribution in [2.24, 2.45) is 0 Å². The lowest BCUT2D eigenvalue weighted by atomic mass is 9.95. The van der Waals surface area contributed by atoms with E-state index in [1.165, 1.54) is 31.8 Å². The van der Waals surface area contributed by atoms with Gasteiger partial charge in [0.05, 0.1) is 18.3 Å². The van der Waals surface area contributed by atoms with Gasteiger partial charge in [-0.05, 0) is 79.6 Å². The Hall–Kier alpha value is -3.32. The fourth-order valence-electron chi connectivity index (χ4n) is 4.72. The minimum atomic E-state index is -0.446. The number of benzene rings is 2. The van der Waals surface area contributed by atoms with Gasteiger partial charge in [0.1, 0.15) is 6.10 Å². The van der Waals surface area contributed by atoms with Crippen molar-refractivity contribution >= 4 is 29.4 Å². The molecule has 1 atom stereocenters. The lowest BCUT2D eigenvalue weighted by Gasteiger charge is -2.28. The first-order valence-corrected chi connectivity index (χ1v) is 14.3. The second-order valence-electron chi connectivity index (χ2n) is 10.5. The molecule has 0 aliphatic heterocycles. The number of nitrogens with two attached hydrogens (primary N) is 2. The zero-order valence-electron chi connectivity index (χ0n) is 23.4. The molecule has 1 unspecified atom stereocenters. The maximum Gasteiger partial charge on any atom is 0.338 e. The Labute approximate surface area is 232 Å². The summed E-state index contributed by atoms with van der Waals surface area (Å²) in [4.78, 5) is 24.8. The van der Waals surface area contributed by atoms with Gasteiger partial charge in [0.15, 0.2) is 0 Å². The molecule has 2 aromatic carbocycles. The zero-order chi connectivity index (χ0) is 28.0. The molecule has 4 N–H and O–H groups in total. The summed E-state index contributed by atoms with van der Waals surface area (Å²) < 4.78 is 17.1. The highest BCUT2D eigenvalue weighted by atomic mass is 16.5. The number of anilines is 2. The van der Waals surface area contributed by atoms with E-state index >= 15 is 0 Å². The summed E-state index contributed by atoms with van der Waals surface area (Å²) in [5, 5.41) is 0. The molecule has 0 spiro atoms. The molecule has 2 aromatic rings. The van der Waals surface area contributed by atoms with Gasteiger partial charge in [0, 0.05) is 30.0 Å². The first-order chi connectivity index (χ1) is 18.8. The van der Waals surface area contributed by atoms with Crippen molar-refractivity contribution in [1.29, 1.82) is 0 Å². The van der Waals surface area contributed by atoms with Crippen LogP contribution in [0, 0.1) is 0 Å². The largest absolute Gasteiger partial charge is 0.462 e. The molecule has 212 valence electrons. The normalized spacial score (nSPS) is 18.1. The van der Waals surface area contributed by atoms with Crippen molar-refractivity contribution in [3.05, 3.63) is 65.2 Å². The number of carbonyl (C=O) groups excluding carboxylic acids is 2. The maximum atomic E-state index is 12.6. The fraction of sp³-hybridized carbons (Fsp3) is 0.500. The SMILES string of the molecule is CCCCCCCOC1CCC(OC(=O)c2ccc(/C=C/C(=O)OCC(C)c3cc(N)cc(N)c3)cc2)CC1. The number of nitrogen functional groups attached to an aromatic ring is 2. The number of carbonyl (C=O) groups is 2. The van der Waals surface area contributed by atoms with Crippen molar-refractivity contribution in [2.45, 2.75) is 89.8 Å². The van der Waals surface area contributed by atoms with Crippen LogP contribution in [0.15, 0.2) is 48.5 Å². The molecule has 1 aliphatic carbocycles. The number of hydrogen-bond donors (Lipinski definition) is 2. The van der Waals surface area contributed by atoms with Gasteiger partial charge in [0.25, 0.3) is 0 Å². The molecular weight excluding hydrogens is 492 g/mol.